The van der Waals surface area contributed by atoms with Crippen molar-refractivity contribution in [1.29, 1.82) is 0 Å². The highest BCUT2D eigenvalue weighted by Crippen LogP contribution is 2.18. The zero-order valence-corrected chi connectivity index (χ0v) is 10.8. The summed E-state index contributed by atoms with van der Waals surface area (Å²) in [6.45, 7) is 4.38. The molecule has 2 rings (SSSR count). The molecule has 0 aliphatic rings. The van der Waals surface area contributed by atoms with Gasteiger partial charge in [-0.2, -0.15) is 0 Å². The molecule has 0 fully saturated rings. The first kappa shape index (κ1) is 12.7. The Kier molecular flexibility index (Phi) is 4.00. The Morgan fingerprint density at radius 3 is 2.17 bits per heavy atom. The van der Waals surface area contributed by atoms with Gasteiger partial charge in [0.1, 0.15) is 12.4 Å². The van der Waals surface area contributed by atoms with Crippen LogP contribution in [0.15, 0.2) is 48.5 Å². The van der Waals surface area contributed by atoms with Gasteiger partial charge in [-0.1, -0.05) is 42.0 Å². The van der Waals surface area contributed by atoms with E-state index in [0.717, 1.165) is 16.9 Å². The van der Waals surface area contributed by atoms with Crippen LogP contribution in [-0.2, 0) is 6.61 Å². The van der Waals surface area contributed by atoms with Crippen LogP contribution in [-0.4, -0.2) is 5.11 Å². The molecule has 0 saturated heterocycles. The van der Waals surface area contributed by atoms with E-state index in [1.807, 2.05) is 24.3 Å². The quantitative estimate of drug-likeness (QED) is 0.887. The minimum atomic E-state index is -0.434. The van der Waals surface area contributed by atoms with Gasteiger partial charge in [0, 0.05) is 0 Å². The number of benzene rings is 2. The summed E-state index contributed by atoms with van der Waals surface area (Å²) < 4.78 is 5.69. The van der Waals surface area contributed by atoms with E-state index in [1.54, 1.807) is 6.92 Å². The maximum absolute atomic E-state index is 9.41. The van der Waals surface area contributed by atoms with Crippen LogP contribution in [0.2, 0.25) is 0 Å². The maximum atomic E-state index is 9.41. The molecule has 2 aromatic carbocycles. The second-order valence-corrected chi connectivity index (χ2v) is 4.52. The van der Waals surface area contributed by atoms with Crippen molar-refractivity contribution in [3.05, 3.63) is 65.2 Å². The van der Waals surface area contributed by atoms with E-state index in [4.69, 9.17) is 4.74 Å². The van der Waals surface area contributed by atoms with Gasteiger partial charge in [-0.15, -0.1) is 0 Å². The molecule has 0 aliphatic carbocycles. The minimum Gasteiger partial charge on any atom is -0.489 e. The van der Waals surface area contributed by atoms with Gasteiger partial charge in [-0.25, -0.2) is 0 Å². The summed E-state index contributed by atoms with van der Waals surface area (Å²) >= 11 is 0. The molecule has 0 heterocycles. The molecule has 1 atom stereocenters. The van der Waals surface area contributed by atoms with Crippen LogP contribution in [0.4, 0.5) is 0 Å². The maximum Gasteiger partial charge on any atom is 0.119 e. The van der Waals surface area contributed by atoms with Crippen LogP contribution < -0.4 is 4.74 Å². The molecule has 2 aromatic rings. The van der Waals surface area contributed by atoms with E-state index < -0.39 is 6.10 Å². The first-order valence-corrected chi connectivity index (χ1v) is 6.11. The largest absolute Gasteiger partial charge is 0.489 e. The monoisotopic (exact) mass is 242 g/mol. The molecule has 1 unspecified atom stereocenters. The molecule has 0 saturated carbocycles. The average Bonchev–Trinajstić information content (AvgIpc) is 2.38. The fourth-order valence-electron chi connectivity index (χ4n) is 1.69. The van der Waals surface area contributed by atoms with Gasteiger partial charge >= 0.3 is 0 Å². The molecule has 2 heteroatoms. The van der Waals surface area contributed by atoms with Crippen molar-refractivity contribution in [2.24, 2.45) is 0 Å². The van der Waals surface area contributed by atoms with E-state index in [-0.39, 0.29) is 0 Å². The Hall–Kier alpha value is -1.80. The number of aliphatic hydroxyl groups excluding tert-OH is 1. The van der Waals surface area contributed by atoms with Crippen molar-refractivity contribution in [2.45, 2.75) is 26.6 Å². The molecule has 0 aromatic heterocycles. The summed E-state index contributed by atoms with van der Waals surface area (Å²) in [6, 6.07) is 15.8. The number of aliphatic hydroxyl groups is 1. The predicted molar refractivity (Wildman–Crippen MR) is 72.6 cm³/mol. The van der Waals surface area contributed by atoms with Crippen LogP contribution in [0.25, 0.3) is 0 Å². The average molecular weight is 242 g/mol. The first-order valence-electron chi connectivity index (χ1n) is 6.11. The smallest absolute Gasteiger partial charge is 0.119 e. The third-order valence-corrected chi connectivity index (χ3v) is 2.89. The normalized spacial score (nSPS) is 12.2. The molecule has 18 heavy (non-hydrogen) atoms. The van der Waals surface area contributed by atoms with Crippen LogP contribution in [0.5, 0.6) is 5.75 Å². The van der Waals surface area contributed by atoms with Crippen molar-refractivity contribution in [2.75, 3.05) is 0 Å². The highest BCUT2D eigenvalue weighted by Gasteiger charge is 2.01. The second-order valence-electron chi connectivity index (χ2n) is 4.52. The lowest BCUT2D eigenvalue weighted by Crippen LogP contribution is -1.96. The van der Waals surface area contributed by atoms with E-state index in [1.165, 1.54) is 5.56 Å². The molecule has 0 amide bonds. The number of hydrogen-bond acceptors (Lipinski definition) is 2. The zero-order valence-electron chi connectivity index (χ0n) is 10.8. The van der Waals surface area contributed by atoms with Gasteiger partial charge in [0.15, 0.2) is 0 Å². The Balaban J connectivity index is 1.95. The minimum absolute atomic E-state index is 0.434. The summed E-state index contributed by atoms with van der Waals surface area (Å²) in [5, 5.41) is 9.41. The molecule has 2 nitrogen and oxygen atoms in total. The van der Waals surface area contributed by atoms with Gasteiger partial charge in [0.2, 0.25) is 0 Å². The first-order chi connectivity index (χ1) is 8.65. The molecule has 0 aliphatic heterocycles. The number of rotatable bonds is 4. The Morgan fingerprint density at radius 2 is 1.61 bits per heavy atom. The van der Waals surface area contributed by atoms with Crippen molar-refractivity contribution in [1.82, 2.24) is 0 Å². The molecule has 0 bridgehead atoms. The summed E-state index contributed by atoms with van der Waals surface area (Å²) in [4.78, 5) is 0. The van der Waals surface area contributed by atoms with Gasteiger partial charge in [-0.05, 0) is 37.1 Å². The predicted octanol–water partition coefficient (Wildman–Crippen LogP) is 3.63. The van der Waals surface area contributed by atoms with Crippen molar-refractivity contribution in [3.8, 4) is 5.75 Å². The van der Waals surface area contributed by atoms with Crippen molar-refractivity contribution in [3.63, 3.8) is 0 Å². The summed E-state index contributed by atoms with van der Waals surface area (Å²) in [7, 11) is 0. The zero-order chi connectivity index (χ0) is 13.0. The van der Waals surface area contributed by atoms with E-state index >= 15 is 0 Å². The number of hydrogen-bond donors (Lipinski definition) is 1. The Bertz CT molecular complexity index is 484. The lowest BCUT2D eigenvalue weighted by atomic mass is 10.1. The van der Waals surface area contributed by atoms with Crippen molar-refractivity contribution >= 4 is 0 Å². The number of ether oxygens (including phenoxy) is 1. The standard InChI is InChI=1S/C16H18O2/c1-12-3-5-14(6-4-12)11-18-16-9-7-15(8-10-16)13(2)17/h3-10,13,17H,11H2,1-2H3. The van der Waals surface area contributed by atoms with E-state index in [9.17, 15) is 5.11 Å². The van der Waals surface area contributed by atoms with Crippen LogP contribution in [0.3, 0.4) is 0 Å². The third-order valence-electron chi connectivity index (χ3n) is 2.89. The fraction of sp³-hybridized carbons (Fsp3) is 0.250. The van der Waals surface area contributed by atoms with Crippen molar-refractivity contribution < 1.29 is 9.84 Å². The van der Waals surface area contributed by atoms with Crippen LogP contribution in [0, 0.1) is 6.92 Å². The molecular formula is C16H18O2. The summed E-state index contributed by atoms with van der Waals surface area (Å²) in [5.74, 6) is 0.819. The summed E-state index contributed by atoms with van der Waals surface area (Å²) in [6.07, 6.45) is -0.434. The molecular weight excluding hydrogens is 224 g/mol. The van der Waals surface area contributed by atoms with E-state index in [0.29, 0.717) is 6.61 Å². The molecule has 0 radical (unpaired) electrons. The third kappa shape index (κ3) is 3.34. The van der Waals surface area contributed by atoms with Gasteiger partial charge in [-0.3, -0.25) is 0 Å². The SMILES string of the molecule is Cc1ccc(COc2ccc(C(C)O)cc2)cc1. The highest BCUT2D eigenvalue weighted by molar-refractivity contribution is 5.29. The van der Waals surface area contributed by atoms with Gasteiger partial charge in [0.25, 0.3) is 0 Å². The van der Waals surface area contributed by atoms with E-state index in [2.05, 4.69) is 31.2 Å². The van der Waals surface area contributed by atoms with Gasteiger partial charge < -0.3 is 9.84 Å². The molecule has 94 valence electrons. The van der Waals surface area contributed by atoms with Crippen LogP contribution in [0.1, 0.15) is 29.7 Å². The molecule has 0 spiro atoms. The Labute approximate surface area is 108 Å². The lowest BCUT2D eigenvalue weighted by Gasteiger charge is -2.08. The summed E-state index contributed by atoms with van der Waals surface area (Å²) in [5.41, 5.74) is 3.30. The van der Waals surface area contributed by atoms with Gasteiger partial charge in [0.05, 0.1) is 6.10 Å². The highest BCUT2D eigenvalue weighted by atomic mass is 16.5. The topological polar surface area (TPSA) is 29.5 Å². The van der Waals surface area contributed by atoms with Crippen LogP contribution >= 0.6 is 0 Å². The lowest BCUT2D eigenvalue weighted by molar-refractivity contribution is 0.199. The Morgan fingerprint density at radius 1 is 1.00 bits per heavy atom. The fourth-order valence-corrected chi connectivity index (χ4v) is 1.69. The molecule has 1 N–H and O–H groups in total. The second kappa shape index (κ2) is 5.69. The number of aryl methyl sites for hydroxylation is 1.